The molecule has 118 valence electrons. The molecule has 0 unspecified atom stereocenters. The lowest BCUT2D eigenvalue weighted by Gasteiger charge is -2.30. The number of nitrogens with one attached hydrogen (secondary N) is 1. The van der Waals surface area contributed by atoms with Gasteiger partial charge in [0.15, 0.2) is 4.67 Å². The van der Waals surface area contributed by atoms with Crippen LogP contribution in [0.25, 0.3) is 0 Å². The summed E-state index contributed by atoms with van der Waals surface area (Å²) in [5.41, 5.74) is -0.331. The van der Waals surface area contributed by atoms with Gasteiger partial charge in [0.05, 0.1) is 6.54 Å². The molecule has 0 bridgehead atoms. The van der Waals surface area contributed by atoms with Crippen molar-refractivity contribution in [3.8, 4) is 0 Å². The van der Waals surface area contributed by atoms with E-state index in [-0.39, 0.29) is 10.4 Å². The highest BCUT2D eigenvalue weighted by molar-refractivity contribution is 9.10. The maximum absolute atomic E-state index is 12.9. The fourth-order valence-electron chi connectivity index (χ4n) is 2.84. The third kappa shape index (κ3) is 3.06. The highest BCUT2D eigenvalue weighted by atomic mass is 79.9. The van der Waals surface area contributed by atoms with Crippen molar-refractivity contribution in [1.29, 1.82) is 0 Å². The number of furan rings is 1. The van der Waals surface area contributed by atoms with Gasteiger partial charge in [0, 0.05) is 24.2 Å². The molecule has 1 saturated carbocycles. The number of nitrogens with zero attached hydrogens (tertiary/aromatic N) is 1. The van der Waals surface area contributed by atoms with Crippen molar-refractivity contribution in [3.63, 3.8) is 0 Å². The molecule has 7 heteroatoms. The molecule has 1 aromatic rings. The lowest BCUT2D eigenvalue weighted by molar-refractivity contribution is 0.291. The second-order valence-corrected chi connectivity index (χ2v) is 9.05. The Labute approximate surface area is 134 Å². The van der Waals surface area contributed by atoms with Crippen molar-refractivity contribution in [2.75, 3.05) is 6.54 Å². The Morgan fingerprint density at radius 1 is 1.48 bits per heavy atom. The Morgan fingerprint density at radius 2 is 2.19 bits per heavy atom. The second-order valence-electron chi connectivity index (χ2n) is 6.50. The first kappa shape index (κ1) is 15.5. The van der Waals surface area contributed by atoms with E-state index in [1.165, 1.54) is 12.8 Å². The number of hydrogen-bond donors (Lipinski definition) is 1. The molecule has 0 radical (unpaired) electrons. The highest BCUT2D eigenvalue weighted by Crippen LogP contribution is 2.37. The van der Waals surface area contributed by atoms with Crippen molar-refractivity contribution in [2.45, 2.75) is 62.6 Å². The summed E-state index contributed by atoms with van der Waals surface area (Å²) in [4.78, 5) is 0.241. The summed E-state index contributed by atoms with van der Waals surface area (Å²) < 4.78 is 33.2. The van der Waals surface area contributed by atoms with E-state index in [1.807, 2.05) is 13.8 Å². The summed E-state index contributed by atoms with van der Waals surface area (Å²) in [6.45, 7) is 5.09. The number of hydrogen-bond acceptors (Lipinski definition) is 4. The van der Waals surface area contributed by atoms with E-state index in [0.717, 1.165) is 12.8 Å². The minimum atomic E-state index is -3.51. The number of halogens is 1. The van der Waals surface area contributed by atoms with Gasteiger partial charge in [-0.25, -0.2) is 8.42 Å². The van der Waals surface area contributed by atoms with E-state index in [2.05, 4.69) is 21.2 Å². The summed E-state index contributed by atoms with van der Waals surface area (Å²) in [5, 5.41) is 3.33. The molecule has 1 N–H and O–H groups in total. The predicted molar refractivity (Wildman–Crippen MR) is 83.5 cm³/mol. The van der Waals surface area contributed by atoms with Crippen molar-refractivity contribution in [1.82, 2.24) is 9.62 Å². The average molecular weight is 377 g/mol. The van der Waals surface area contributed by atoms with Crippen LogP contribution in [0.4, 0.5) is 0 Å². The third-order valence-electron chi connectivity index (χ3n) is 4.24. The molecular formula is C14H21BrN2O3S. The van der Waals surface area contributed by atoms with Crippen LogP contribution < -0.4 is 5.32 Å². The summed E-state index contributed by atoms with van der Waals surface area (Å²) >= 11 is 3.26. The first-order chi connectivity index (χ1) is 9.80. The normalized spacial score (nSPS) is 22.8. The molecule has 2 fully saturated rings. The van der Waals surface area contributed by atoms with Crippen LogP contribution in [0.1, 0.15) is 45.3 Å². The lowest BCUT2D eigenvalue weighted by Crippen LogP contribution is -2.42. The van der Waals surface area contributed by atoms with Gasteiger partial charge < -0.3 is 9.73 Å². The molecule has 1 aliphatic heterocycles. The molecule has 0 aromatic carbocycles. The maximum Gasteiger partial charge on any atom is 0.247 e. The molecule has 5 nitrogen and oxygen atoms in total. The van der Waals surface area contributed by atoms with Gasteiger partial charge in [0.25, 0.3) is 0 Å². The van der Waals surface area contributed by atoms with E-state index in [9.17, 15) is 8.42 Å². The molecule has 1 aromatic heterocycles. The molecule has 2 aliphatic rings. The minimum Gasteiger partial charge on any atom is -0.452 e. The maximum atomic E-state index is 12.9. The van der Waals surface area contributed by atoms with Crippen molar-refractivity contribution < 1.29 is 12.8 Å². The van der Waals surface area contributed by atoms with Crippen molar-refractivity contribution >= 4 is 26.0 Å². The first-order valence-electron chi connectivity index (χ1n) is 7.35. The van der Waals surface area contributed by atoms with Gasteiger partial charge in [0.2, 0.25) is 10.0 Å². The van der Waals surface area contributed by atoms with E-state index >= 15 is 0 Å². The van der Waals surface area contributed by atoms with Gasteiger partial charge in [-0.1, -0.05) is 0 Å². The second kappa shape index (κ2) is 5.37. The van der Waals surface area contributed by atoms with E-state index in [0.29, 0.717) is 29.6 Å². The van der Waals surface area contributed by atoms with E-state index in [4.69, 9.17) is 4.42 Å². The zero-order chi connectivity index (χ0) is 15.3. The van der Waals surface area contributed by atoms with Gasteiger partial charge in [-0.2, -0.15) is 4.31 Å². The van der Waals surface area contributed by atoms with Crippen molar-refractivity contribution in [3.05, 3.63) is 16.5 Å². The first-order valence-corrected chi connectivity index (χ1v) is 9.58. The largest absolute Gasteiger partial charge is 0.452 e. The minimum absolute atomic E-state index is 0.241. The topological polar surface area (TPSA) is 62.6 Å². The van der Waals surface area contributed by atoms with Crippen LogP contribution in [0.15, 0.2) is 20.0 Å². The highest BCUT2D eigenvalue weighted by Gasteiger charge is 2.42. The van der Waals surface area contributed by atoms with Gasteiger partial charge in [-0.15, -0.1) is 0 Å². The Morgan fingerprint density at radius 3 is 2.76 bits per heavy atom. The van der Waals surface area contributed by atoms with Crippen LogP contribution in [-0.4, -0.2) is 30.8 Å². The fourth-order valence-corrected chi connectivity index (χ4v) is 5.65. The van der Waals surface area contributed by atoms with E-state index < -0.39 is 10.0 Å². The molecular weight excluding hydrogens is 356 g/mol. The monoisotopic (exact) mass is 376 g/mol. The summed E-state index contributed by atoms with van der Waals surface area (Å²) in [6.07, 6.45) is 4.17. The van der Waals surface area contributed by atoms with Gasteiger partial charge in [-0.3, -0.25) is 0 Å². The van der Waals surface area contributed by atoms with Crippen LogP contribution in [0.3, 0.4) is 0 Å². The Hall–Kier alpha value is -0.370. The lowest BCUT2D eigenvalue weighted by atomic mass is 10.0. The molecule has 1 saturated heterocycles. The zero-order valence-corrected chi connectivity index (χ0v) is 14.8. The molecule has 0 atom stereocenters. The van der Waals surface area contributed by atoms with E-state index in [1.54, 1.807) is 10.4 Å². The van der Waals surface area contributed by atoms with Crippen molar-refractivity contribution in [2.24, 2.45) is 0 Å². The quantitative estimate of drug-likeness (QED) is 0.857. The molecule has 1 aliphatic carbocycles. The van der Waals surface area contributed by atoms with Crippen LogP contribution in [-0.2, 0) is 16.6 Å². The van der Waals surface area contributed by atoms with Gasteiger partial charge in [-0.05, 0) is 55.5 Å². The average Bonchev–Trinajstić information content (AvgIpc) is 3.03. The molecule has 0 spiro atoms. The van der Waals surface area contributed by atoms with Crippen LogP contribution in [0.5, 0.6) is 0 Å². The van der Waals surface area contributed by atoms with Crippen LogP contribution >= 0.6 is 15.9 Å². The van der Waals surface area contributed by atoms with Gasteiger partial charge >= 0.3 is 0 Å². The third-order valence-corrected chi connectivity index (χ3v) is 7.21. The molecule has 21 heavy (non-hydrogen) atoms. The van der Waals surface area contributed by atoms with Crippen LogP contribution in [0.2, 0.25) is 0 Å². The zero-order valence-electron chi connectivity index (χ0n) is 12.4. The fraction of sp³-hybridized carbons (Fsp3) is 0.714. The molecule has 3 rings (SSSR count). The summed E-state index contributed by atoms with van der Waals surface area (Å²) in [6, 6.07) is 2.20. The predicted octanol–water partition coefficient (Wildman–Crippen LogP) is 2.86. The van der Waals surface area contributed by atoms with Crippen LogP contribution in [0, 0.1) is 0 Å². The van der Waals surface area contributed by atoms with Gasteiger partial charge in [0.1, 0.15) is 10.7 Å². The Bertz CT molecular complexity index is 635. The summed E-state index contributed by atoms with van der Waals surface area (Å²) in [7, 11) is -3.51. The smallest absolute Gasteiger partial charge is 0.247 e. The number of sulfonamides is 1. The molecule has 0 amide bonds. The summed E-state index contributed by atoms with van der Waals surface area (Å²) in [5.74, 6) is 0.657. The standard InChI is InChI=1S/C14H21BrN2O3S/c1-14(2)6-3-7-17(14)21(18,19)12-8-11(20-13(12)15)9-16-10-4-5-10/h8,10,16H,3-7,9H2,1-2H3. The molecule has 2 heterocycles. The number of rotatable bonds is 5. The Kier molecular flexibility index (Phi) is 3.97. The SMILES string of the molecule is CC1(C)CCCN1S(=O)(=O)c1cc(CNC2CC2)oc1Br. The Balaban J connectivity index is 1.84.